The molecule has 0 radical (unpaired) electrons. The van der Waals surface area contributed by atoms with E-state index in [1.165, 1.54) is 18.2 Å². The van der Waals surface area contributed by atoms with Gasteiger partial charge in [0.25, 0.3) is 0 Å². The van der Waals surface area contributed by atoms with Gasteiger partial charge in [0.2, 0.25) is 11.8 Å². The zero-order valence-electron chi connectivity index (χ0n) is 12.2. The van der Waals surface area contributed by atoms with Crippen LogP contribution in [0.1, 0.15) is 5.56 Å². The fourth-order valence-electron chi connectivity index (χ4n) is 3.83. The van der Waals surface area contributed by atoms with Crippen LogP contribution in [-0.4, -0.2) is 35.2 Å². The summed E-state index contributed by atoms with van der Waals surface area (Å²) in [6.07, 6.45) is -2.32. The molecule has 1 aromatic carbocycles. The molecule has 0 aromatic heterocycles. The van der Waals surface area contributed by atoms with Gasteiger partial charge in [0.15, 0.2) is 0 Å². The Morgan fingerprint density at radius 3 is 2.58 bits per heavy atom. The van der Waals surface area contributed by atoms with Gasteiger partial charge in [-0.3, -0.25) is 9.59 Å². The van der Waals surface area contributed by atoms with Gasteiger partial charge in [-0.25, -0.2) is 4.90 Å². The van der Waals surface area contributed by atoms with Crippen LogP contribution >= 0.6 is 0 Å². The Bertz CT molecular complexity index is 775. The number of carbonyl (C=O) groups is 2. The normalized spacial score (nSPS) is 34.3. The lowest BCUT2D eigenvalue weighted by Crippen LogP contribution is -2.43. The summed E-state index contributed by atoms with van der Waals surface area (Å²) in [4.78, 5) is 26.0. The zero-order valence-corrected chi connectivity index (χ0v) is 12.2. The number of para-hydroxylation sites is 1. The van der Waals surface area contributed by atoms with Crippen LogP contribution in [0.25, 0.3) is 0 Å². The van der Waals surface area contributed by atoms with Gasteiger partial charge in [0, 0.05) is 0 Å². The van der Waals surface area contributed by atoms with Crippen LogP contribution in [0.3, 0.4) is 0 Å². The standard InChI is InChI=1S/C16H12F3NO4/c17-16(18,19)8-3-1-2-4-9(8)20-13(22)11-10-5-6-15(7-21,24-10)12(11)14(20)23/h1-6,10-12,21H,7H2. The Balaban J connectivity index is 1.81. The third-order valence-electron chi connectivity index (χ3n) is 4.85. The summed E-state index contributed by atoms with van der Waals surface area (Å²) in [5.74, 6) is -3.42. The summed E-state index contributed by atoms with van der Waals surface area (Å²) < 4.78 is 45.2. The predicted octanol–water partition coefficient (Wildman–Crippen LogP) is 1.51. The topological polar surface area (TPSA) is 66.8 Å². The van der Waals surface area contributed by atoms with Crippen molar-refractivity contribution in [2.75, 3.05) is 11.5 Å². The van der Waals surface area contributed by atoms with Gasteiger partial charge in [-0.1, -0.05) is 24.3 Å². The summed E-state index contributed by atoms with van der Waals surface area (Å²) in [7, 11) is 0. The monoisotopic (exact) mass is 339 g/mol. The summed E-state index contributed by atoms with van der Waals surface area (Å²) >= 11 is 0. The number of nitrogens with zero attached hydrogens (tertiary/aromatic N) is 1. The molecule has 2 amide bonds. The molecule has 3 heterocycles. The van der Waals surface area contributed by atoms with Crippen molar-refractivity contribution in [3.8, 4) is 0 Å². The first kappa shape index (κ1) is 15.3. The van der Waals surface area contributed by atoms with E-state index in [-0.39, 0.29) is 0 Å². The molecule has 8 heteroatoms. The number of anilines is 1. The Hall–Kier alpha value is -2.19. The van der Waals surface area contributed by atoms with E-state index in [4.69, 9.17) is 4.74 Å². The Labute approximate surface area is 134 Å². The number of ether oxygens (including phenoxy) is 1. The number of alkyl halides is 3. The maximum absolute atomic E-state index is 13.2. The van der Waals surface area contributed by atoms with Gasteiger partial charge < -0.3 is 9.84 Å². The van der Waals surface area contributed by atoms with Gasteiger partial charge in [-0.15, -0.1) is 0 Å². The first-order valence-corrected chi connectivity index (χ1v) is 7.32. The first-order chi connectivity index (χ1) is 11.3. The average molecular weight is 339 g/mol. The molecule has 0 saturated carbocycles. The zero-order chi connectivity index (χ0) is 17.3. The highest BCUT2D eigenvalue weighted by Crippen LogP contribution is 2.53. The van der Waals surface area contributed by atoms with Crippen LogP contribution < -0.4 is 4.90 Å². The van der Waals surface area contributed by atoms with E-state index in [9.17, 15) is 27.9 Å². The van der Waals surface area contributed by atoms with Gasteiger partial charge in [-0.05, 0) is 12.1 Å². The number of benzene rings is 1. The second-order valence-electron chi connectivity index (χ2n) is 6.08. The number of hydrogen-bond acceptors (Lipinski definition) is 4. The summed E-state index contributed by atoms with van der Waals surface area (Å²) in [6, 6.07) is 4.46. The lowest BCUT2D eigenvalue weighted by Gasteiger charge is -2.27. The molecular weight excluding hydrogens is 327 g/mol. The van der Waals surface area contributed by atoms with Crippen LogP contribution in [-0.2, 0) is 20.5 Å². The number of hydrogen-bond donors (Lipinski definition) is 1. The fraction of sp³-hybridized carbons (Fsp3) is 0.375. The van der Waals surface area contributed by atoms with E-state index in [0.29, 0.717) is 4.90 Å². The SMILES string of the molecule is O=C1C2C3C=CC(CO)(O3)C2C(=O)N1c1ccccc1C(F)(F)F. The number of aliphatic hydroxyl groups is 1. The molecule has 0 spiro atoms. The Kier molecular flexibility index (Phi) is 2.99. The van der Waals surface area contributed by atoms with E-state index in [0.717, 1.165) is 12.1 Å². The minimum absolute atomic E-state index is 0.484. The molecule has 1 N–H and O–H groups in total. The number of rotatable bonds is 2. The molecule has 24 heavy (non-hydrogen) atoms. The molecule has 1 aromatic rings. The number of halogens is 3. The maximum Gasteiger partial charge on any atom is 0.418 e. The van der Waals surface area contributed by atoms with Crippen molar-refractivity contribution in [3.63, 3.8) is 0 Å². The highest BCUT2D eigenvalue weighted by atomic mass is 19.4. The number of imide groups is 1. The molecule has 3 aliphatic rings. The number of fused-ring (bicyclic) bond motifs is 5. The van der Waals surface area contributed by atoms with Crippen molar-refractivity contribution in [1.29, 1.82) is 0 Å². The van der Waals surface area contributed by atoms with Crippen molar-refractivity contribution in [1.82, 2.24) is 0 Å². The number of carbonyl (C=O) groups excluding carboxylic acids is 2. The molecule has 4 unspecified atom stereocenters. The summed E-state index contributed by atoms with van der Waals surface area (Å²) in [5.41, 5.74) is -2.86. The van der Waals surface area contributed by atoms with Gasteiger partial charge >= 0.3 is 6.18 Å². The van der Waals surface area contributed by atoms with Crippen LogP contribution in [0.2, 0.25) is 0 Å². The van der Waals surface area contributed by atoms with Gasteiger partial charge in [0.1, 0.15) is 5.60 Å². The number of aliphatic hydroxyl groups excluding tert-OH is 1. The quantitative estimate of drug-likeness (QED) is 0.655. The third-order valence-corrected chi connectivity index (χ3v) is 4.85. The lowest BCUT2D eigenvalue weighted by atomic mass is 9.77. The summed E-state index contributed by atoms with van der Waals surface area (Å²) in [6.45, 7) is -0.519. The van der Waals surface area contributed by atoms with Crippen molar-refractivity contribution >= 4 is 17.5 Å². The predicted molar refractivity (Wildman–Crippen MR) is 74.7 cm³/mol. The highest BCUT2D eigenvalue weighted by molar-refractivity contribution is 6.23. The Morgan fingerprint density at radius 2 is 1.92 bits per heavy atom. The second-order valence-corrected chi connectivity index (χ2v) is 6.08. The maximum atomic E-state index is 13.2. The smallest absolute Gasteiger partial charge is 0.393 e. The average Bonchev–Trinajstić information content (AvgIpc) is 3.18. The van der Waals surface area contributed by atoms with Crippen LogP contribution in [0.15, 0.2) is 36.4 Å². The van der Waals surface area contributed by atoms with E-state index in [1.807, 2.05) is 0 Å². The Morgan fingerprint density at radius 1 is 1.21 bits per heavy atom. The van der Waals surface area contributed by atoms with Crippen molar-refractivity contribution < 1.29 is 32.6 Å². The first-order valence-electron chi connectivity index (χ1n) is 7.32. The van der Waals surface area contributed by atoms with E-state index >= 15 is 0 Å². The van der Waals surface area contributed by atoms with E-state index < -0.39 is 59.4 Å². The van der Waals surface area contributed by atoms with Crippen molar-refractivity contribution in [2.24, 2.45) is 11.8 Å². The molecule has 126 valence electrons. The molecule has 2 saturated heterocycles. The van der Waals surface area contributed by atoms with E-state index in [2.05, 4.69) is 0 Å². The molecule has 4 atom stereocenters. The minimum Gasteiger partial charge on any atom is -0.393 e. The molecule has 0 aliphatic carbocycles. The minimum atomic E-state index is -4.70. The highest BCUT2D eigenvalue weighted by Gasteiger charge is 2.68. The van der Waals surface area contributed by atoms with Crippen molar-refractivity contribution in [2.45, 2.75) is 17.9 Å². The molecule has 4 rings (SSSR count). The lowest BCUT2D eigenvalue weighted by molar-refractivity contribution is -0.137. The van der Waals surface area contributed by atoms with Crippen LogP contribution in [0, 0.1) is 11.8 Å². The van der Waals surface area contributed by atoms with Gasteiger partial charge in [-0.2, -0.15) is 13.2 Å². The molecule has 5 nitrogen and oxygen atoms in total. The van der Waals surface area contributed by atoms with Crippen LogP contribution in [0.4, 0.5) is 18.9 Å². The van der Waals surface area contributed by atoms with Crippen molar-refractivity contribution in [3.05, 3.63) is 42.0 Å². The van der Waals surface area contributed by atoms with Crippen LogP contribution in [0.5, 0.6) is 0 Å². The molecule has 3 aliphatic heterocycles. The van der Waals surface area contributed by atoms with Gasteiger partial charge in [0.05, 0.1) is 35.8 Å². The third kappa shape index (κ3) is 1.78. The largest absolute Gasteiger partial charge is 0.418 e. The fourth-order valence-corrected chi connectivity index (χ4v) is 3.83. The van der Waals surface area contributed by atoms with E-state index in [1.54, 1.807) is 6.08 Å². The molecule has 2 bridgehead atoms. The second kappa shape index (κ2) is 4.67. The molecule has 2 fully saturated rings. The number of amides is 2. The molecular formula is C16H12F3NO4. The summed E-state index contributed by atoms with van der Waals surface area (Å²) in [5, 5.41) is 9.60.